The lowest BCUT2D eigenvalue weighted by molar-refractivity contribution is 0.119. The molecule has 98 valence electrons. The minimum Gasteiger partial charge on any atom is -0.376 e. The lowest BCUT2D eigenvalue weighted by Gasteiger charge is -2.24. The molecule has 0 N–H and O–H groups in total. The lowest BCUT2D eigenvalue weighted by atomic mass is 10.2. The van der Waals surface area contributed by atoms with Gasteiger partial charge in [0, 0.05) is 33.6 Å². The molecule has 1 saturated heterocycles. The van der Waals surface area contributed by atoms with Gasteiger partial charge < -0.3 is 18.2 Å². The van der Waals surface area contributed by atoms with Crippen molar-refractivity contribution in [2.24, 2.45) is 0 Å². The van der Waals surface area contributed by atoms with Gasteiger partial charge in [-0.3, -0.25) is 0 Å². The third-order valence-corrected chi connectivity index (χ3v) is 6.35. The van der Waals surface area contributed by atoms with Crippen molar-refractivity contribution in [1.82, 2.24) is 4.90 Å². The fourth-order valence-electron chi connectivity index (χ4n) is 2.19. The quantitative estimate of drug-likeness (QED) is 0.579. The molecule has 1 heterocycles. The van der Waals surface area contributed by atoms with Crippen molar-refractivity contribution < 1.29 is 13.3 Å². The Morgan fingerprint density at radius 3 is 2.22 bits per heavy atom. The van der Waals surface area contributed by atoms with E-state index in [9.17, 15) is 0 Å². The molecule has 1 atom stereocenters. The fraction of sp³-hybridized carbons (Fsp3) is 0.385. The highest BCUT2D eigenvalue weighted by molar-refractivity contribution is 6.63. The van der Waals surface area contributed by atoms with Gasteiger partial charge in [-0.1, -0.05) is 36.9 Å². The van der Waals surface area contributed by atoms with E-state index < -0.39 is 8.80 Å². The summed E-state index contributed by atoms with van der Waals surface area (Å²) in [7, 11) is 2.34. The summed E-state index contributed by atoms with van der Waals surface area (Å²) in [6.45, 7) is 5.01. The standard InChI is InChI=1S/C13H19NO3Si/c1-11(12-8-6-5-7-9-12)14-10-13(14)18(15-2,16-3)17-4/h5-9,13H,1,10H2,2-4H3. The van der Waals surface area contributed by atoms with Gasteiger partial charge in [0.15, 0.2) is 0 Å². The molecule has 0 spiro atoms. The summed E-state index contributed by atoms with van der Waals surface area (Å²) in [5.74, 6) is 0. The molecular formula is C13H19NO3Si. The largest absolute Gasteiger partial charge is 0.525 e. The van der Waals surface area contributed by atoms with Crippen LogP contribution in [0.3, 0.4) is 0 Å². The van der Waals surface area contributed by atoms with Gasteiger partial charge in [-0.05, 0) is 5.56 Å². The second-order valence-electron chi connectivity index (χ2n) is 4.20. The van der Waals surface area contributed by atoms with Crippen LogP contribution >= 0.6 is 0 Å². The topological polar surface area (TPSA) is 30.7 Å². The zero-order valence-electron chi connectivity index (χ0n) is 11.1. The molecule has 0 bridgehead atoms. The molecular weight excluding hydrogens is 246 g/mol. The van der Waals surface area contributed by atoms with Gasteiger partial charge in [0.25, 0.3) is 0 Å². The highest BCUT2D eigenvalue weighted by Gasteiger charge is 2.59. The molecule has 4 nitrogen and oxygen atoms in total. The Morgan fingerprint density at radius 2 is 1.72 bits per heavy atom. The van der Waals surface area contributed by atoms with Crippen LogP contribution in [0.5, 0.6) is 0 Å². The van der Waals surface area contributed by atoms with E-state index in [-0.39, 0.29) is 5.67 Å². The summed E-state index contributed by atoms with van der Waals surface area (Å²) in [6.07, 6.45) is 0. The summed E-state index contributed by atoms with van der Waals surface area (Å²) in [6, 6.07) is 10.1. The molecule has 18 heavy (non-hydrogen) atoms. The van der Waals surface area contributed by atoms with Crippen LogP contribution < -0.4 is 0 Å². The predicted molar refractivity (Wildman–Crippen MR) is 72.8 cm³/mol. The van der Waals surface area contributed by atoms with Crippen LogP contribution in [0.25, 0.3) is 5.70 Å². The summed E-state index contributed by atoms with van der Waals surface area (Å²) >= 11 is 0. The van der Waals surface area contributed by atoms with E-state index in [1.807, 2.05) is 30.3 Å². The molecule has 1 aliphatic heterocycles. The number of benzene rings is 1. The Bertz CT molecular complexity index is 411. The van der Waals surface area contributed by atoms with Crippen molar-refractivity contribution in [3.63, 3.8) is 0 Å². The van der Waals surface area contributed by atoms with Crippen molar-refractivity contribution in [3.05, 3.63) is 42.5 Å². The van der Waals surface area contributed by atoms with Crippen molar-refractivity contribution in [2.45, 2.75) is 5.67 Å². The third kappa shape index (κ3) is 2.22. The molecule has 0 saturated carbocycles. The van der Waals surface area contributed by atoms with Gasteiger partial charge in [-0.15, -0.1) is 0 Å². The number of hydrogen-bond acceptors (Lipinski definition) is 4. The van der Waals surface area contributed by atoms with Crippen molar-refractivity contribution in [2.75, 3.05) is 27.9 Å². The van der Waals surface area contributed by atoms with E-state index in [0.717, 1.165) is 17.8 Å². The Morgan fingerprint density at radius 1 is 1.17 bits per heavy atom. The molecule has 1 unspecified atom stereocenters. The molecule has 0 aliphatic carbocycles. The van der Waals surface area contributed by atoms with Gasteiger partial charge >= 0.3 is 8.80 Å². The van der Waals surface area contributed by atoms with E-state index >= 15 is 0 Å². The average Bonchev–Trinajstić information content (AvgIpc) is 3.23. The molecule has 5 heteroatoms. The Kier molecular flexibility index (Phi) is 3.87. The molecule has 1 aliphatic rings. The maximum absolute atomic E-state index is 5.49. The van der Waals surface area contributed by atoms with Crippen molar-refractivity contribution in [1.29, 1.82) is 0 Å². The normalized spacial score (nSPS) is 18.8. The van der Waals surface area contributed by atoms with E-state index in [1.165, 1.54) is 0 Å². The number of nitrogens with zero attached hydrogens (tertiary/aromatic N) is 1. The number of hydrogen-bond donors (Lipinski definition) is 0. The second kappa shape index (κ2) is 5.24. The first kappa shape index (κ1) is 13.3. The predicted octanol–water partition coefficient (Wildman–Crippen LogP) is 1.76. The van der Waals surface area contributed by atoms with E-state index in [2.05, 4.69) is 11.5 Å². The average molecular weight is 265 g/mol. The summed E-state index contributed by atoms with van der Waals surface area (Å²) in [5, 5.41) is 0. The van der Waals surface area contributed by atoms with Gasteiger partial charge in [0.05, 0.1) is 0 Å². The molecule has 2 rings (SSSR count). The summed E-state index contributed by atoms with van der Waals surface area (Å²) < 4.78 is 16.5. The van der Waals surface area contributed by atoms with E-state index in [0.29, 0.717) is 0 Å². The molecule has 1 aromatic carbocycles. The summed E-state index contributed by atoms with van der Waals surface area (Å²) in [4.78, 5) is 2.16. The first-order valence-corrected chi connectivity index (χ1v) is 7.65. The van der Waals surface area contributed by atoms with Gasteiger partial charge in [0.1, 0.15) is 5.67 Å². The van der Waals surface area contributed by atoms with Crippen LogP contribution in [0.2, 0.25) is 0 Å². The summed E-state index contributed by atoms with van der Waals surface area (Å²) in [5.41, 5.74) is 2.28. The zero-order valence-corrected chi connectivity index (χ0v) is 12.1. The van der Waals surface area contributed by atoms with Crippen LogP contribution in [0, 0.1) is 0 Å². The van der Waals surface area contributed by atoms with Gasteiger partial charge in [-0.2, -0.15) is 0 Å². The zero-order chi connectivity index (χ0) is 13.2. The van der Waals surface area contributed by atoms with Crippen LogP contribution in [-0.4, -0.2) is 47.2 Å². The first-order chi connectivity index (χ1) is 8.68. The van der Waals surface area contributed by atoms with Crippen LogP contribution in [0.15, 0.2) is 36.9 Å². The molecule has 1 aromatic rings. The van der Waals surface area contributed by atoms with Gasteiger partial charge in [-0.25, -0.2) is 0 Å². The molecule has 0 amide bonds. The van der Waals surface area contributed by atoms with Crippen LogP contribution in [0.1, 0.15) is 5.56 Å². The van der Waals surface area contributed by atoms with E-state index in [4.69, 9.17) is 13.3 Å². The maximum atomic E-state index is 5.49. The maximum Gasteiger partial charge on any atom is 0.525 e. The Labute approximate surface area is 109 Å². The monoisotopic (exact) mass is 265 g/mol. The first-order valence-electron chi connectivity index (χ1n) is 5.85. The Balaban J connectivity index is 2.09. The highest BCUT2D eigenvalue weighted by Crippen LogP contribution is 2.36. The molecule has 1 fully saturated rings. The fourth-order valence-corrected chi connectivity index (χ4v) is 4.47. The lowest BCUT2D eigenvalue weighted by Crippen LogP contribution is -2.50. The van der Waals surface area contributed by atoms with Gasteiger partial charge in [0.2, 0.25) is 0 Å². The SMILES string of the molecule is C=C(c1ccccc1)N1CC1[Si](OC)(OC)OC. The highest BCUT2D eigenvalue weighted by atomic mass is 28.4. The third-order valence-electron chi connectivity index (χ3n) is 3.33. The van der Waals surface area contributed by atoms with Crippen LogP contribution in [0.4, 0.5) is 0 Å². The van der Waals surface area contributed by atoms with Crippen molar-refractivity contribution >= 4 is 14.5 Å². The second-order valence-corrected chi connectivity index (χ2v) is 7.30. The van der Waals surface area contributed by atoms with Crippen molar-refractivity contribution in [3.8, 4) is 0 Å². The van der Waals surface area contributed by atoms with Crippen LogP contribution in [-0.2, 0) is 13.3 Å². The number of rotatable bonds is 6. The smallest absolute Gasteiger partial charge is 0.376 e. The molecule has 0 aromatic heterocycles. The minimum absolute atomic E-state index is 0.171. The molecule has 0 radical (unpaired) electrons. The van der Waals surface area contributed by atoms with E-state index in [1.54, 1.807) is 21.3 Å². The minimum atomic E-state index is -2.58. The Hall–Kier alpha value is -1.14.